The van der Waals surface area contributed by atoms with Crippen molar-refractivity contribution in [2.75, 3.05) is 27.3 Å². The fourth-order valence-electron chi connectivity index (χ4n) is 3.81. The van der Waals surface area contributed by atoms with Gasteiger partial charge in [-0.05, 0) is 55.5 Å². The fourth-order valence-corrected chi connectivity index (χ4v) is 3.81. The summed E-state index contributed by atoms with van der Waals surface area (Å²) >= 11 is 0. The predicted octanol–water partition coefficient (Wildman–Crippen LogP) is 3.37. The number of nitrogens with one attached hydrogen (secondary N) is 1. The minimum absolute atomic E-state index is 0.0611. The molecule has 160 valence electrons. The van der Waals surface area contributed by atoms with Crippen LogP contribution in [0.15, 0.2) is 42.5 Å². The average molecular weight is 411 g/mol. The largest absolute Gasteiger partial charge is 0.493 e. The molecule has 2 aromatic rings. The molecule has 0 saturated carbocycles. The normalized spacial score (nSPS) is 14.3. The minimum atomic E-state index is -0.139. The standard InChI is InChI=1S/C24H30N2O4/c1-17-6-4-5-7-18(17)9-11-23(27)26-14-12-20(13-15-26)25-24(28)19-8-10-21(29-2)22(16-19)30-3/h4-8,10,16,20H,9,11-15H2,1-3H3,(H,25,28). The molecule has 6 nitrogen and oxygen atoms in total. The number of piperidine rings is 1. The first-order valence-corrected chi connectivity index (χ1v) is 10.4. The zero-order valence-electron chi connectivity index (χ0n) is 17.9. The molecule has 0 bridgehead atoms. The Kier molecular flexibility index (Phi) is 7.33. The van der Waals surface area contributed by atoms with Crippen molar-refractivity contribution in [1.82, 2.24) is 10.2 Å². The van der Waals surface area contributed by atoms with E-state index in [0.29, 0.717) is 36.6 Å². The maximum atomic E-state index is 12.6. The summed E-state index contributed by atoms with van der Waals surface area (Å²) in [7, 11) is 3.11. The van der Waals surface area contributed by atoms with Gasteiger partial charge in [0.05, 0.1) is 14.2 Å². The first kappa shape index (κ1) is 21.7. The fraction of sp³-hybridized carbons (Fsp3) is 0.417. The zero-order valence-corrected chi connectivity index (χ0v) is 17.9. The molecule has 0 spiro atoms. The van der Waals surface area contributed by atoms with Gasteiger partial charge in [-0.1, -0.05) is 24.3 Å². The van der Waals surface area contributed by atoms with E-state index in [1.54, 1.807) is 32.4 Å². The quantitative estimate of drug-likeness (QED) is 0.760. The highest BCUT2D eigenvalue weighted by atomic mass is 16.5. The van der Waals surface area contributed by atoms with E-state index < -0.39 is 0 Å². The summed E-state index contributed by atoms with van der Waals surface area (Å²) in [6, 6.07) is 13.4. The zero-order chi connectivity index (χ0) is 21.5. The van der Waals surface area contributed by atoms with E-state index in [-0.39, 0.29) is 17.9 Å². The summed E-state index contributed by atoms with van der Waals surface area (Å²) in [6.45, 7) is 3.42. The van der Waals surface area contributed by atoms with Crippen molar-refractivity contribution < 1.29 is 19.1 Å². The summed E-state index contributed by atoms with van der Waals surface area (Å²) in [6.07, 6.45) is 2.80. The van der Waals surface area contributed by atoms with Crippen LogP contribution in [-0.2, 0) is 11.2 Å². The van der Waals surface area contributed by atoms with E-state index in [1.807, 2.05) is 17.0 Å². The van der Waals surface area contributed by atoms with E-state index in [4.69, 9.17) is 9.47 Å². The van der Waals surface area contributed by atoms with Crippen LogP contribution in [0.3, 0.4) is 0 Å². The number of likely N-dealkylation sites (tertiary alicyclic amines) is 1. The Morgan fingerprint density at radius 3 is 2.40 bits per heavy atom. The molecule has 0 radical (unpaired) electrons. The molecule has 2 amide bonds. The number of amides is 2. The second-order valence-corrected chi connectivity index (χ2v) is 7.62. The second kappa shape index (κ2) is 10.1. The lowest BCUT2D eigenvalue weighted by Crippen LogP contribution is -2.46. The Balaban J connectivity index is 1.47. The average Bonchev–Trinajstić information content (AvgIpc) is 2.78. The number of nitrogens with zero attached hydrogens (tertiary/aromatic N) is 1. The molecule has 1 saturated heterocycles. The number of hydrogen-bond donors (Lipinski definition) is 1. The summed E-state index contributed by atoms with van der Waals surface area (Å²) < 4.78 is 10.5. The van der Waals surface area contributed by atoms with Gasteiger partial charge in [-0.3, -0.25) is 9.59 Å². The minimum Gasteiger partial charge on any atom is -0.493 e. The van der Waals surface area contributed by atoms with Gasteiger partial charge in [0.15, 0.2) is 11.5 Å². The van der Waals surface area contributed by atoms with Gasteiger partial charge >= 0.3 is 0 Å². The summed E-state index contributed by atoms with van der Waals surface area (Å²) in [5.74, 6) is 1.16. The maximum Gasteiger partial charge on any atom is 0.251 e. The van der Waals surface area contributed by atoms with Crippen molar-refractivity contribution in [2.45, 2.75) is 38.6 Å². The smallest absolute Gasteiger partial charge is 0.251 e. The van der Waals surface area contributed by atoms with Crippen LogP contribution in [-0.4, -0.2) is 50.1 Å². The molecule has 0 unspecified atom stereocenters. The Bertz CT molecular complexity index is 889. The molecule has 0 aromatic heterocycles. The van der Waals surface area contributed by atoms with Crippen LogP contribution in [0.4, 0.5) is 0 Å². The maximum absolute atomic E-state index is 12.6. The third-order valence-corrected chi connectivity index (χ3v) is 5.70. The molecule has 0 atom stereocenters. The molecule has 1 N–H and O–H groups in total. The third kappa shape index (κ3) is 5.32. The molecule has 0 aliphatic carbocycles. The summed E-state index contributed by atoms with van der Waals surface area (Å²) in [4.78, 5) is 27.1. The second-order valence-electron chi connectivity index (χ2n) is 7.62. The highest BCUT2D eigenvalue weighted by molar-refractivity contribution is 5.95. The molecule has 6 heteroatoms. The number of carbonyl (C=O) groups excluding carboxylic acids is 2. The lowest BCUT2D eigenvalue weighted by molar-refractivity contribution is -0.132. The monoisotopic (exact) mass is 410 g/mol. The molecule has 1 heterocycles. The van der Waals surface area contributed by atoms with Crippen LogP contribution in [0.5, 0.6) is 11.5 Å². The highest BCUT2D eigenvalue weighted by Gasteiger charge is 2.24. The van der Waals surface area contributed by atoms with Crippen LogP contribution in [0.25, 0.3) is 0 Å². The Hall–Kier alpha value is -3.02. The van der Waals surface area contributed by atoms with Crippen molar-refractivity contribution in [3.8, 4) is 11.5 Å². The molecular weight excluding hydrogens is 380 g/mol. The van der Waals surface area contributed by atoms with Crippen molar-refractivity contribution in [1.29, 1.82) is 0 Å². The summed E-state index contributed by atoms with van der Waals surface area (Å²) in [5.41, 5.74) is 2.98. The molecule has 3 rings (SSSR count). The van der Waals surface area contributed by atoms with Crippen LogP contribution < -0.4 is 14.8 Å². The SMILES string of the molecule is COc1ccc(C(=O)NC2CCN(C(=O)CCc3ccccc3C)CC2)cc1OC. The number of ether oxygens (including phenoxy) is 2. The Labute approximate surface area is 178 Å². The molecule has 2 aromatic carbocycles. The summed E-state index contributed by atoms with van der Waals surface area (Å²) in [5, 5.41) is 3.08. The first-order chi connectivity index (χ1) is 14.5. The lowest BCUT2D eigenvalue weighted by atomic mass is 10.0. The van der Waals surface area contributed by atoms with Gasteiger partial charge in [-0.15, -0.1) is 0 Å². The van der Waals surface area contributed by atoms with Crippen molar-refractivity contribution in [3.63, 3.8) is 0 Å². The molecule has 1 aliphatic rings. The third-order valence-electron chi connectivity index (χ3n) is 5.70. The number of carbonyl (C=O) groups is 2. The first-order valence-electron chi connectivity index (χ1n) is 10.4. The van der Waals surface area contributed by atoms with Crippen molar-refractivity contribution >= 4 is 11.8 Å². The predicted molar refractivity (Wildman–Crippen MR) is 116 cm³/mol. The highest BCUT2D eigenvalue weighted by Crippen LogP contribution is 2.27. The Morgan fingerprint density at radius 2 is 1.73 bits per heavy atom. The van der Waals surface area contributed by atoms with E-state index >= 15 is 0 Å². The topological polar surface area (TPSA) is 67.9 Å². The van der Waals surface area contributed by atoms with Crippen molar-refractivity contribution in [3.05, 3.63) is 59.2 Å². The molecule has 1 fully saturated rings. The van der Waals surface area contributed by atoms with E-state index in [1.165, 1.54) is 11.1 Å². The number of rotatable bonds is 7. The van der Waals surface area contributed by atoms with E-state index in [2.05, 4.69) is 24.4 Å². The number of methoxy groups -OCH3 is 2. The van der Waals surface area contributed by atoms with Gasteiger partial charge in [0.1, 0.15) is 0 Å². The van der Waals surface area contributed by atoms with E-state index in [9.17, 15) is 9.59 Å². The molecule has 30 heavy (non-hydrogen) atoms. The van der Waals surface area contributed by atoms with Gasteiger partial charge in [-0.25, -0.2) is 0 Å². The van der Waals surface area contributed by atoms with Crippen LogP contribution >= 0.6 is 0 Å². The molecule has 1 aliphatic heterocycles. The molecular formula is C24H30N2O4. The van der Waals surface area contributed by atoms with Gasteiger partial charge in [0.25, 0.3) is 5.91 Å². The van der Waals surface area contributed by atoms with Gasteiger partial charge in [-0.2, -0.15) is 0 Å². The number of benzene rings is 2. The van der Waals surface area contributed by atoms with Crippen LogP contribution in [0.2, 0.25) is 0 Å². The number of hydrogen-bond acceptors (Lipinski definition) is 4. The van der Waals surface area contributed by atoms with Gasteiger partial charge in [0.2, 0.25) is 5.91 Å². The van der Waals surface area contributed by atoms with Gasteiger partial charge in [0, 0.05) is 31.1 Å². The van der Waals surface area contributed by atoms with Crippen molar-refractivity contribution in [2.24, 2.45) is 0 Å². The Morgan fingerprint density at radius 1 is 1.03 bits per heavy atom. The van der Waals surface area contributed by atoms with E-state index in [0.717, 1.165) is 19.3 Å². The number of aryl methyl sites for hydroxylation is 2. The van der Waals surface area contributed by atoms with Crippen LogP contribution in [0, 0.1) is 6.92 Å². The van der Waals surface area contributed by atoms with Crippen LogP contribution in [0.1, 0.15) is 40.7 Å². The van der Waals surface area contributed by atoms with Gasteiger partial charge < -0.3 is 19.7 Å². The lowest BCUT2D eigenvalue weighted by Gasteiger charge is -2.32.